The summed E-state index contributed by atoms with van der Waals surface area (Å²) in [4.78, 5) is 76.9. The molecule has 0 unspecified atom stereocenters. The normalized spacial score (nSPS) is 10.8. The maximum atomic E-state index is 9.29. The Morgan fingerprint density at radius 3 is 1.02 bits per heavy atom. The number of thioether (sulfide) groups is 4. The van der Waals surface area contributed by atoms with Crippen molar-refractivity contribution >= 4 is 58.7 Å². The largest absolute Gasteiger partial charge is 2.00 e. The molecule has 0 aliphatic rings. The van der Waals surface area contributed by atoms with Gasteiger partial charge < -0.3 is 100 Å². The molecule has 0 saturated carbocycles. The molecule has 0 fully saturated rings. The SMILES string of the molecule is CC(C)(c1cccc(-n2[c-]ncc2)n1)c1cccc(-n2[c-]ncc2)n1.COc1n[c-]n(-c2cccc(C(C)(C)c3cccc(-n4[c-]nc(OC)c4OC)n3)n2)c1OC.CSc1n[c-]n(-c2cccc(C(C)(C)c3cccc(-n4[c-]nc(SC)c4SC)n3)n2)c1SC.[C-]#[N+]c1n[c-]n(-c2cccc(Oc3cccc(-n4[c-]nc(C#N)c4C#N)n3)n2)c1[N+]#[C-].[Pt+2].[Pt+2].[Pt+2].[Pt+2]. The zero-order valence-electron chi connectivity index (χ0n) is 69.1. The number of pyridine rings is 8. The van der Waals surface area contributed by atoms with Crippen LogP contribution >= 0.6 is 47.0 Å². The van der Waals surface area contributed by atoms with Crippen molar-refractivity contribution in [3.05, 3.63) is 289 Å². The third kappa shape index (κ3) is 21.1. The fourth-order valence-corrected chi connectivity index (χ4v) is 14.9. The molecule has 0 aliphatic heterocycles. The van der Waals surface area contributed by atoms with E-state index in [-0.39, 0.29) is 136 Å². The first-order valence-corrected chi connectivity index (χ1v) is 41.3. The molecule has 0 bridgehead atoms. The Bertz CT molecular complexity index is 5980. The molecule has 0 N–H and O–H groups in total. The first-order chi connectivity index (χ1) is 59.2. The third-order valence-electron chi connectivity index (χ3n) is 18.6. The van der Waals surface area contributed by atoms with E-state index in [2.05, 4.69) is 152 Å². The molecule has 644 valence electrons. The van der Waals surface area contributed by atoms with E-state index in [0.29, 0.717) is 35.2 Å². The molecular weight excluding hydrogens is 2400 g/mol. The zero-order valence-corrected chi connectivity index (χ0v) is 81.5. The molecule has 126 heavy (non-hydrogen) atoms. The standard InChI is InChI=1S/C23H24N6O4.C23H24N6S4.C20H6N10O.C19H16N6.4Pt/c2*1-23(2,15-9-7-11-17(26-15)28-13-24-19(30-3)21(28)32-5)16-10-8-12-18(27-16)29-14-25-20(31-4)22(29)33-6;1-23-19-20(24-2)30(12-26-19)16-6-4-8-18(28-16)31-17-7-3-5-15(27-17)29-11-25-13(9-21)14(29)10-22;1-19(2,15-5-3-7-17(22-15)24-11-9-20-13-24)16-6-4-8-18(23-16)25-12-10-21-14-25;;;;/h2*7-12H,1-6H3;3-8H;3-12H,1-2H3;;;;/q4*-2;4*+2. The number of hydrogen-bond acceptors (Lipinski definition) is 27. The number of imidazole rings is 8. The molecule has 16 rings (SSSR count). The van der Waals surface area contributed by atoms with Gasteiger partial charge in [-0.05, 0) is 131 Å². The third-order valence-corrected chi connectivity index (χ3v) is 21.7. The summed E-state index contributed by atoms with van der Waals surface area (Å²) in [5.41, 5.74) is 3.91. The minimum absolute atomic E-state index is 0. The van der Waals surface area contributed by atoms with Crippen molar-refractivity contribution in [2.24, 2.45) is 0 Å². The summed E-state index contributed by atoms with van der Waals surface area (Å²) in [5.74, 6) is 6.65. The van der Waals surface area contributed by atoms with E-state index in [1.54, 1.807) is 128 Å². The van der Waals surface area contributed by atoms with Crippen molar-refractivity contribution in [3.63, 3.8) is 0 Å². The predicted molar refractivity (Wildman–Crippen MR) is 453 cm³/mol. The van der Waals surface area contributed by atoms with Gasteiger partial charge in [0.2, 0.25) is 11.8 Å². The summed E-state index contributed by atoms with van der Waals surface area (Å²) in [6.45, 7) is 27.0. The molecular formula is C85H70N28O5Pt4S4. The second kappa shape index (κ2) is 44.2. The smallest absolute Gasteiger partial charge is 0.528 e. The first-order valence-electron chi connectivity index (χ1n) is 36.4. The fourth-order valence-electron chi connectivity index (χ4n) is 12.1. The summed E-state index contributed by atoms with van der Waals surface area (Å²) < 4.78 is 40.2. The van der Waals surface area contributed by atoms with Crippen molar-refractivity contribution in [3.8, 4) is 94.0 Å². The van der Waals surface area contributed by atoms with Crippen molar-refractivity contribution < 1.29 is 108 Å². The maximum absolute atomic E-state index is 9.29. The van der Waals surface area contributed by atoms with Gasteiger partial charge in [-0.2, -0.15) is 47.0 Å². The van der Waals surface area contributed by atoms with Crippen LogP contribution in [0.2, 0.25) is 0 Å². The minimum atomic E-state index is -0.540. The summed E-state index contributed by atoms with van der Waals surface area (Å²) >= 11 is 6.51. The zero-order chi connectivity index (χ0) is 86.2. The molecule has 0 amide bonds. The predicted octanol–water partition coefficient (Wildman–Crippen LogP) is 14.3. The molecule has 16 aromatic rings. The Balaban J connectivity index is 0.000000189. The van der Waals surface area contributed by atoms with Gasteiger partial charge in [0.25, 0.3) is 12.1 Å². The molecule has 0 aliphatic carbocycles. The monoisotopic (exact) mass is 2470 g/mol. The molecule has 0 saturated heterocycles. The Labute approximate surface area is 800 Å². The van der Waals surface area contributed by atoms with Gasteiger partial charge in [-0.1, -0.05) is 134 Å². The molecule has 16 aromatic heterocycles. The van der Waals surface area contributed by atoms with Gasteiger partial charge in [-0.25, -0.2) is 20.5 Å². The van der Waals surface area contributed by atoms with Crippen LogP contribution in [0.1, 0.15) is 87.1 Å². The first kappa shape index (κ1) is 97.8. The summed E-state index contributed by atoms with van der Waals surface area (Å²) in [5, 5.41) is 22.3. The number of hydrogen-bond donors (Lipinski definition) is 0. The van der Waals surface area contributed by atoms with Crippen molar-refractivity contribution in [2.75, 3.05) is 53.5 Å². The van der Waals surface area contributed by atoms with Crippen LogP contribution in [0.5, 0.6) is 35.3 Å². The van der Waals surface area contributed by atoms with Crippen molar-refractivity contribution in [1.29, 1.82) is 10.5 Å². The van der Waals surface area contributed by atoms with Crippen LogP contribution in [-0.2, 0) is 101 Å². The number of ether oxygens (including phenoxy) is 5. The van der Waals surface area contributed by atoms with E-state index in [0.717, 1.165) is 77.5 Å². The number of nitriles is 2. The van der Waals surface area contributed by atoms with Crippen LogP contribution in [0.4, 0.5) is 11.6 Å². The van der Waals surface area contributed by atoms with E-state index in [9.17, 15) is 5.26 Å². The molecule has 0 aromatic carbocycles. The van der Waals surface area contributed by atoms with Crippen molar-refractivity contribution in [1.82, 2.24) is 116 Å². The second-order valence-corrected chi connectivity index (χ2v) is 30.1. The Kier molecular flexibility index (Phi) is 34.3. The van der Waals surface area contributed by atoms with Crippen LogP contribution in [0, 0.1) is 86.4 Å². The molecule has 16 heterocycles. The van der Waals surface area contributed by atoms with Gasteiger partial charge >= 0.3 is 90.1 Å². The fraction of sp³-hybridized carbons (Fsp3) is 0.200. The number of methoxy groups -OCH3 is 4. The summed E-state index contributed by atoms with van der Waals surface area (Å²) in [6, 6.07) is 48.8. The Morgan fingerprint density at radius 1 is 0.365 bits per heavy atom. The average molecular weight is 2470 g/mol. The maximum Gasteiger partial charge on any atom is 2.00 e. The molecule has 0 atom stereocenters. The van der Waals surface area contributed by atoms with Crippen LogP contribution in [0.25, 0.3) is 56.2 Å². The molecule has 0 spiro atoms. The Morgan fingerprint density at radius 2 is 0.698 bits per heavy atom. The minimum Gasteiger partial charge on any atom is -0.528 e. The van der Waals surface area contributed by atoms with Gasteiger partial charge in [-0.3, -0.25) is 34.5 Å². The van der Waals surface area contributed by atoms with E-state index in [1.807, 2.05) is 168 Å². The van der Waals surface area contributed by atoms with Gasteiger partial charge in [0, 0.05) is 110 Å². The second-order valence-electron chi connectivity index (χ2n) is 26.9. The van der Waals surface area contributed by atoms with Crippen LogP contribution in [0.3, 0.4) is 0 Å². The summed E-state index contributed by atoms with van der Waals surface area (Å²) in [6.07, 6.45) is 37.9. The van der Waals surface area contributed by atoms with Crippen LogP contribution in [0.15, 0.2) is 190 Å². The molecule has 33 nitrogen and oxygen atoms in total. The molecule has 0 radical (unpaired) electrons. The summed E-state index contributed by atoms with van der Waals surface area (Å²) in [7, 11) is 6.14. The number of nitrogens with zero attached hydrogens (tertiary/aromatic N) is 28. The Hall–Kier alpha value is -12.0. The van der Waals surface area contributed by atoms with Crippen molar-refractivity contribution in [2.45, 2.75) is 77.9 Å². The number of aromatic nitrogens is 24. The van der Waals surface area contributed by atoms with Gasteiger partial charge in [0.15, 0.2) is 11.8 Å². The van der Waals surface area contributed by atoms with Gasteiger partial charge in [-0.15, -0.1) is 0 Å². The molecule has 41 heteroatoms. The topological polar surface area (TPSA) is 348 Å². The van der Waals surface area contributed by atoms with E-state index >= 15 is 0 Å². The van der Waals surface area contributed by atoms with E-state index in [4.69, 9.17) is 72.0 Å². The van der Waals surface area contributed by atoms with Crippen LogP contribution in [-0.4, -0.2) is 170 Å². The van der Waals surface area contributed by atoms with E-state index in [1.165, 1.54) is 23.4 Å². The van der Waals surface area contributed by atoms with Crippen LogP contribution < -0.4 is 23.7 Å². The van der Waals surface area contributed by atoms with Gasteiger partial charge in [0.05, 0.1) is 87.0 Å². The van der Waals surface area contributed by atoms with E-state index < -0.39 is 10.8 Å². The average Bonchev–Trinajstić information content (AvgIpc) is 1.32. The van der Waals surface area contributed by atoms with Gasteiger partial charge in [0.1, 0.15) is 17.6 Å². The number of rotatable bonds is 24. The quantitative estimate of drug-likeness (QED) is 0.0400.